The van der Waals surface area contributed by atoms with Crippen LogP contribution in [0.4, 0.5) is 5.82 Å². The third kappa shape index (κ3) is 6.19. The number of rotatable bonds is 13. The highest BCUT2D eigenvalue weighted by Crippen LogP contribution is 2.32. The van der Waals surface area contributed by atoms with E-state index in [0.29, 0.717) is 16.1 Å². The predicted molar refractivity (Wildman–Crippen MR) is 167 cm³/mol. The number of aryl methyl sites for hydroxylation is 1. The zero-order valence-corrected chi connectivity index (χ0v) is 24.1. The summed E-state index contributed by atoms with van der Waals surface area (Å²) >= 11 is 6.03. The highest BCUT2D eigenvalue weighted by molar-refractivity contribution is 6.31. The van der Waals surface area contributed by atoms with Crippen LogP contribution in [-0.2, 0) is 6.54 Å². The first kappa shape index (κ1) is 29.0. The summed E-state index contributed by atoms with van der Waals surface area (Å²) in [6.45, 7) is 3.08. The Morgan fingerprint density at radius 1 is 0.929 bits per heavy atom. The van der Waals surface area contributed by atoms with Gasteiger partial charge in [0.2, 0.25) is 12.1 Å². The van der Waals surface area contributed by atoms with Gasteiger partial charge in [-0.1, -0.05) is 56.7 Å². The first-order valence-electron chi connectivity index (χ1n) is 14.1. The van der Waals surface area contributed by atoms with Crippen molar-refractivity contribution in [2.24, 2.45) is 0 Å². The minimum Gasteiger partial charge on any atom is -0.358 e. The van der Waals surface area contributed by atoms with E-state index in [2.05, 4.69) is 16.5 Å². The molecule has 0 spiro atoms. The molecule has 214 valence electrons. The number of benzene rings is 3. The van der Waals surface area contributed by atoms with Crippen LogP contribution in [0.5, 0.6) is 0 Å². The smallest absolute Gasteiger partial charge is 0.358 e. The SMILES string of the molecule is CCCCCCCCn1c2ccc(C=O)cc2c2cc(/C=C(/C(=O)c3ccc(Cl)cc3)n3cnc([N+](=O)[O-])c3)ccc21. The Morgan fingerprint density at radius 3 is 2.21 bits per heavy atom. The average molecular weight is 583 g/mol. The molecule has 0 bridgehead atoms. The molecule has 0 saturated carbocycles. The summed E-state index contributed by atoms with van der Waals surface area (Å²) in [5, 5.41) is 13.7. The number of carbonyl (C=O) groups is 2. The summed E-state index contributed by atoms with van der Waals surface area (Å²) in [5.74, 6) is -0.702. The summed E-state index contributed by atoms with van der Waals surface area (Å²) in [5.41, 5.74) is 3.99. The lowest BCUT2D eigenvalue weighted by molar-refractivity contribution is -0.389. The van der Waals surface area contributed by atoms with Crippen molar-refractivity contribution in [3.8, 4) is 0 Å². The van der Waals surface area contributed by atoms with Crippen molar-refractivity contribution in [2.45, 2.75) is 52.0 Å². The van der Waals surface area contributed by atoms with Crippen LogP contribution in [0.25, 0.3) is 33.6 Å². The van der Waals surface area contributed by atoms with Crippen molar-refractivity contribution >= 4 is 63.1 Å². The zero-order valence-electron chi connectivity index (χ0n) is 23.3. The summed E-state index contributed by atoms with van der Waals surface area (Å²) in [6.07, 6.45) is 12.2. The van der Waals surface area contributed by atoms with Crippen LogP contribution in [0, 0.1) is 10.1 Å². The molecule has 9 heteroatoms. The number of halogens is 1. The third-order valence-corrected chi connectivity index (χ3v) is 7.71. The maximum Gasteiger partial charge on any atom is 0.381 e. The topological polar surface area (TPSA) is 100 Å². The zero-order chi connectivity index (χ0) is 29.6. The molecular formula is C33H31ClN4O4. The second-order valence-electron chi connectivity index (χ2n) is 10.4. The molecule has 5 rings (SSSR count). The van der Waals surface area contributed by atoms with Crippen molar-refractivity contribution in [3.63, 3.8) is 0 Å². The number of nitrogens with zero attached hydrogens (tertiary/aromatic N) is 4. The fraction of sp³-hybridized carbons (Fsp3) is 0.242. The van der Waals surface area contributed by atoms with Gasteiger partial charge in [-0.2, -0.15) is 0 Å². The standard InChI is InChI=1S/C33H31ClN4O4/c1-2-3-4-5-6-7-16-37-29-14-8-23(17-27(29)28-18-24(21-39)9-15-30(28)37)19-31(36-20-32(35-22-36)38(41)42)33(40)25-10-12-26(34)13-11-25/h8-15,17-22H,2-7,16H2,1H3/b31-19-. The summed E-state index contributed by atoms with van der Waals surface area (Å²) in [4.78, 5) is 39.8. The van der Waals surface area contributed by atoms with Gasteiger partial charge in [0, 0.05) is 44.5 Å². The number of ketones is 1. The molecule has 0 unspecified atom stereocenters. The Hall–Kier alpha value is -4.56. The van der Waals surface area contributed by atoms with E-state index in [9.17, 15) is 19.7 Å². The molecule has 5 aromatic rings. The molecule has 0 atom stereocenters. The van der Waals surface area contributed by atoms with Gasteiger partial charge in [-0.3, -0.25) is 14.2 Å². The minimum absolute atomic E-state index is 0.196. The predicted octanol–water partition coefficient (Wildman–Crippen LogP) is 8.61. The Bertz CT molecular complexity index is 1800. The van der Waals surface area contributed by atoms with Gasteiger partial charge in [-0.15, -0.1) is 0 Å². The molecule has 3 aromatic carbocycles. The third-order valence-electron chi connectivity index (χ3n) is 7.46. The van der Waals surface area contributed by atoms with E-state index < -0.39 is 4.92 Å². The van der Waals surface area contributed by atoms with E-state index in [1.54, 1.807) is 30.3 Å². The van der Waals surface area contributed by atoms with E-state index >= 15 is 0 Å². The molecule has 2 heterocycles. The Labute approximate surface area is 248 Å². The van der Waals surface area contributed by atoms with Gasteiger partial charge >= 0.3 is 5.82 Å². The van der Waals surface area contributed by atoms with E-state index in [0.717, 1.165) is 53.0 Å². The lowest BCUT2D eigenvalue weighted by Crippen LogP contribution is -2.08. The number of unbranched alkanes of at least 4 members (excludes halogenated alkanes) is 5. The van der Waals surface area contributed by atoms with E-state index in [1.165, 1.54) is 42.8 Å². The highest BCUT2D eigenvalue weighted by Gasteiger charge is 2.20. The fourth-order valence-corrected chi connectivity index (χ4v) is 5.42. The highest BCUT2D eigenvalue weighted by atomic mass is 35.5. The molecule has 0 aliphatic heterocycles. The lowest BCUT2D eigenvalue weighted by Gasteiger charge is -2.09. The number of aromatic nitrogens is 3. The number of Topliss-reactive ketones (excluding diaryl/α,β-unsaturated/α-hetero) is 1. The van der Waals surface area contributed by atoms with Crippen LogP contribution >= 0.6 is 11.6 Å². The molecule has 0 saturated heterocycles. The van der Waals surface area contributed by atoms with Gasteiger partial charge < -0.3 is 14.7 Å². The molecule has 0 fully saturated rings. The molecule has 0 N–H and O–H groups in total. The van der Waals surface area contributed by atoms with E-state index in [4.69, 9.17) is 11.6 Å². The molecule has 0 radical (unpaired) electrons. The van der Waals surface area contributed by atoms with Crippen LogP contribution < -0.4 is 0 Å². The molecular weight excluding hydrogens is 552 g/mol. The van der Waals surface area contributed by atoms with Gasteiger partial charge in [0.05, 0.1) is 5.70 Å². The number of allylic oxidation sites excluding steroid dienone is 1. The molecule has 0 aliphatic carbocycles. The number of aldehydes is 1. The monoisotopic (exact) mass is 582 g/mol. The van der Waals surface area contributed by atoms with Crippen molar-refractivity contribution in [3.05, 3.63) is 105 Å². The van der Waals surface area contributed by atoms with Crippen molar-refractivity contribution < 1.29 is 14.5 Å². The molecule has 0 aliphatic rings. The van der Waals surface area contributed by atoms with Crippen LogP contribution in [0.1, 0.15) is 71.7 Å². The van der Waals surface area contributed by atoms with Gasteiger partial charge in [0.15, 0.2) is 0 Å². The van der Waals surface area contributed by atoms with Crippen molar-refractivity contribution in [2.75, 3.05) is 0 Å². The fourth-order valence-electron chi connectivity index (χ4n) is 5.30. The number of hydrogen-bond acceptors (Lipinski definition) is 5. The number of imidazole rings is 1. The minimum atomic E-state index is -0.601. The molecule has 42 heavy (non-hydrogen) atoms. The maximum absolute atomic E-state index is 13.6. The largest absolute Gasteiger partial charge is 0.381 e. The van der Waals surface area contributed by atoms with Crippen LogP contribution in [0.3, 0.4) is 0 Å². The van der Waals surface area contributed by atoms with Crippen molar-refractivity contribution in [1.82, 2.24) is 14.1 Å². The normalized spacial score (nSPS) is 11.8. The Balaban J connectivity index is 1.59. The Kier molecular flexibility index (Phi) is 8.93. The molecule has 8 nitrogen and oxygen atoms in total. The van der Waals surface area contributed by atoms with E-state index in [1.807, 2.05) is 36.4 Å². The summed E-state index contributed by atoms with van der Waals surface area (Å²) in [7, 11) is 0. The van der Waals surface area contributed by atoms with Gasteiger partial charge in [0.25, 0.3) is 0 Å². The lowest BCUT2D eigenvalue weighted by atomic mass is 10.0. The summed E-state index contributed by atoms with van der Waals surface area (Å²) in [6, 6.07) is 18.1. The molecule has 0 amide bonds. The summed E-state index contributed by atoms with van der Waals surface area (Å²) < 4.78 is 3.66. The van der Waals surface area contributed by atoms with Crippen LogP contribution in [0.15, 0.2) is 73.2 Å². The number of carbonyl (C=O) groups excluding carboxylic acids is 2. The van der Waals surface area contributed by atoms with E-state index in [-0.39, 0.29) is 17.3 Å². The second kappa shape index (κ2) is 13.0. The quantitative estimate of drug-likeness (QED) is 0.0345. The van der Waals surface area contributed by atoms with Gasteiger partial charge in [-0.25, -0.2) is 0 Å². The second-order valence-corrected chi connectivity index (χ2v) is 10.8. The van der Waals surface area contributed by atoms with Crippen LogP contribution in [-0.4, -0.2) is 31.1 Å². The van der Waals surface area contributed by atoms with Gasteiger partial charge in [-0.05, 0) is 82.6 Å². The molecule has 2 aromatic heterocycles. The van der Waals surface area contributed by atoms with Crippen molar-refractivity contribution in [1.29, 1.82) is 0 Å². The maximum atomic E-state index is 13.6. The number of hydrogen-bond donors (Lipinski definition) is 0. The van der Waals surface area contributed by atoms with Crippen LogP contribution in [0.2, 0.25) is 5.02 Å². The Morgan fingerprint density at radius 2 is 1.57 bits per heavy atom. The number of nitro groups is 1. The average Bonchev–Trinajstić information content (AvgIpc) is 3.61. The first-order valence-corrected chi connectivity index (χ1v) is 14.5. The number of fused-ring (bicyclic) bond motifs is 3. The van der Waals surface area contributed by atoms with Gasteiger partial charge in [0.1, 0.15) is 12.5 Å². The first-order chi connectivity index (χ1) is 20.4.